The second kappa shape index (κ2) is 12.3. The molecule has 216 valence electrons. The van der Waals surface area contributed by atoms with Crippen LogP contribution in [0.25, 0.3) is 0 Å². The molecule has 1 aliphatic rings. The van der Waals surface area contributed by atoms with E-state index in [9.17, 15) is 22.8 Å². The normalized spacial score (nSPS) is 18.6. The molecule has 1 saturated heterocycles. The number of carbonyl (C=O) groups is 3. The van der Waals surface area contributed by atoms with Gasteiger partial charge in [0, 0.05) is 38.5 Å². The molecule has 10 nitrogen and oxygen atoms in total. The van der Waals surface area contributed by atoms with Crippen molar-refractivity contribution in [2.24, 2.45) is 11.1 Å². The number of carbonyl (C=O) groups excluding carboxylic acids is 3. The van der Waals surface area contributed by atoms with Crippen molar-refractivity contribution < 1.29 is 22.8 Å². The molecule has 0 aromatic heterocycles. The third-order valence-electron chi connectivity index (χ3n) is 7.26. The quantitative estimate of drug-likeness (QED) is 0.339. The van der Waals surface area contributed by atoms with Gasteiger partial charge in [0.1, 0.15) is 11.5 Å². The van der Waals surface area contributed by atoms with Crippen molar-refractivity contribution in [1.29, 1.82) is 5.41 Å². The minimum absolute atomic E-state index is 0.0302. The van der Waals surface area contributed by atoms with E-state index in [-0.39, 0.29) is 55.3 Å². The van der Waals surface area contributed by atoms with Gasteiger partial charge in [-0.1, -0.05) is 48.5 Å². The van der Waals surface area contributed by atoms with Crippen molar-refractivity contribution in [2.45, 2.75) is 56.0 Å². The van der Waals surface area contributed by atoms with Crippen molar-refractivity contribution in [1.82, 2.24) is 15.5 Å². The summed E-state index contributed by atoms with van der Waals surface area (Å²) in [5.74, 6) is -1.30. The largest absolute Gasteiger partial charge is 0.358 e. The summed E-state index contributed by atoms with van der Waals surface area (Å²) in [6.07, 6.45) is 1.89. The number of piperidine rings is 1. The first-order valence-corrected chi connectivity index (χ1v) is 15.1. The molecule has 0 unspecified atom stereocenters. The number of rotatable bonds is 10. The summed E-state index contributed by atoms with van der Waals surface area (Å²) in [6, 6.07) is 14.9. The summed E-state index contributed by atoms with van der Waals surface area (Å²) in [6.45, 7) is 3.24. The lowest BCUT2D eigenvalue weighted by atomic mass is 9.72. The molecule has 11 heteroatoms. The van der Waals surface area contributed by atoms with Crippen LogP contribution in [0.3, 0.4) is 0 Å². The standard InChI is InChI=1S/C29H39N5O5S/c1-28(2,31)26(36)33-22(15-14-21-12-8-9-13-23(21)40(4,38)39)25(35)34-17-16-24(30)29(19-34,27(37)32-3)18-20-10-6-5-7-11-20/h5-13,22,30H,14-19,31H2,1-4H3,(H,32,37)(H,33,36)/t22-,29-/m1/s1. The first kappa shape index (κ1) is 31.0. The first-order valence-electron chi connectivity index (χ1n) is 13.2. The molecule has 0 radical (unpaired) electrons. The van der Waals surface area contributed by atoms with E-state index in [1.807, 2.05) is 30.3 Å². The highest BCUT2D eigenvalue weighted by Gasteiger charge is 2.48. The first-order chi connectivity index (χ1) is 18.7. The molecule has 0 spiro atoms. The van der Waals surface area contributed by atoms with Crippen LogP contribution < -0.4 is 16.4 Å². The Bertz CT molecular complexity index is 1360. The van der Waals surface area contributed by atoms with Crippen molar-refractivity contribution in [3.05, 3.63) is 65.7 Å². The van der Waals surface area contributed by atoms with Crippen molar-refractivity contribution >= 4 is 33.3 Å². The molecule has 0 aliphatic carbocycles. The fourth-order valence-corrected chi connectivity index (χ4v) is 5.98. The van der Waals surface area contributed by atoms with Crippen LogP contribution in [-0.4, -0.2) is 74.7 Å². The number of benzene rings is 2. The number of nitrogens with zero attached hydrogens (tertiary/aromatic N) is 1. The van der Waals surface area contributed by atoms with Crippen LogP contribution in [-0.2, 0) is 37.1 Å². The summed E-state index contributed by atoms with van der Waals surface area (Å²) in [4.78, 5) is 41.8. The molecule has 40 heavy (non-hydrogen) atoms. The molecule has 1 aliphatic heterocycles. The van der Waals surface area contributed by atoms with Gasteiger partial charge in [0.15, 0.2) is 9.84 Å². The summed E-state index contributed by atoms with van der Waals surface area (Å²) in [5.41, 5.74) is 5.11. The Morgan fingerprint density at radius 3 is 2.33 bits per heavy atom. The fourth-order valence-electron chi connectivity index (χ4n) is 5.00. The van der Waals surface area contributed by atoms with Crippen LogP contribution in [0.5, 0.6) is 0 Å². The average molecular weight is 570 g/mol. The number of aryl methyl sites for hydroxylation is 1. The maximum Gasteiger partial charge on any atom is 0.245 e. The third kappa shape index (κ3) is 7.14. The zero-order valence-corrected chi connectivity index (χ0v) is 24.3. The lowest BCUT2D eigenvalue weighted by molar-refractivity contribution is -0.141. The zero-order valence-electron chi connectivity index (χ0n) is 23.5. The maximum absolute atomic E-state index is 14.0. The summed E-state index contributed by atoms with van der Waals surface area (Å²) < 4.78 is 24.6. The molecule has 2 aromatic carbocycles. The van der Waals surface area contributed by atoms with E-state index in [0.29, 0.717) is 5.56 Å². The van der Waals surface area contributed by atoms with Gasteiger partial charge in [-0.2, -0.15) is 0 Å². The van der Waals surface area contributed by atoms with E-state index >= 15 is 0 Å². The fraction of sp³-hybridized carbons (Fsp3) is 0.448. The summed E-state index contributed by atoms with van der Waals surface area (Å²) in [5, 5.41) is 14.2. The second-order valence-corrected chi connectivity index (χ2v) is 13.0. The van der Waals surface area contributed by atoms with Gasteiger partial charge in [0.25, 0.3) is 0 Å². The van der Waals surface area contributed by atoms with Crippen molar-refractivity contribution in [2.75, 3.05) is 26.4 Å². The number of likely N-dealkylation sites (tertiary alicyclic amines) is 1. The Hall–Kier alpha value is -3.57. The number of hydrogen-bond donors (Lipinski definition) is 4. The van der Waals surface area contributed by atoms with Crippen LogP contribution in [0, 0.1) is 10.8 Å². The minimum atomic E-state index is -3.50. The van der Waals surface area contributed by atoms with Gasteiger partial charge in [0.05, 0.1) is 10.4 Å². The molecular weight excluding hydrogens is 530 g/mol. The van der Waals surface area contributed by atoms with Gasteiger partial charge in [-0.15, -0.1) is 0 Å². The Labute approximate surface area is 236 Å². The minimum Gasteiger partial charge on any atom is -0.358 e. The van der Waals surface area contributed by atoms with Crippen LogP contribution in [0.15, 0.2) is 59.5 Å². The number of nitrogens with two attached hydrogens (primary N) is 1. The second-order valence-electron chi connectivity index (χ2n) is 11.0. The van der Waals surface area contributed by atoms with E-state index < -0.39 is 38.6 Å². The Morgan fingerprint density at radius 2 is 1.73 bits per heavy atom. The molecule has 5 N–H and O–H groups in total. The Morgan fingerprint density at radius 1 is 1.10 bits per heavy atom. The van der Waals surface area contributed by atoms with Gasteiger partial charge in [-0.05, 0) is 50.3 Å². The highest BCUT2D eigenvalue weighted by atomic mass is 32.2. The zero-order chi connectivity index (χ0) is 29.7. The molecular formula is C29H39N5O5S. The van der Waals surface area contributed by atoms with Crippen LogP contribution in [0.4, 0.5) is 0 Å². The van der Waals surface area contributed by atoms with Crippen molar-refractivity contribution in [3.63, 3.8) is 0 Å². The molecule has 2 aromatic rings. The van der Waals surface area contributed by atoms with E-state index in [0.717, 1.165) is 11.8 Å². The van der Waals surface area contributed by atoms with Gasteiger partial charge in [0.2, 0.25) is 17.7 Å². The lowest BCUT2D eigenvalue weighted by Crippen LogP contribution is -2.62. The smallest absolute Gasteiger partial charge is 0.245 e. The van der Waals surface area contributed by atoms with Gasteiger partial charge >= 0.3 is 0 Å². The Balaban J connectivity index is 1.93. The number of nitrogens with one attached hydrogen (secondary N) is 3. The number of sulfone groups is 1. The highest BCUT2D eigenvalue weighted by molar-refractivity contribution is 7.90. The third-order valence-corrected chi connectivity index (χ3v) is 8.45. The maximum atomic E-state index is 14.0. The number of amides is 3. The van der Waals surface area contributed by atoms with Crippen LogP contribution in [0.2, 0.25) is 0 Å². The lowest BCUT2D eigenvalue weighted by Gasteiger charge is -2.43. The number of hydrogen-bond acceptors (Lipinski definition) is 7. The molecule has 2 atom stereocenters. The molecule has 0 saturated carbocycles. The van der Waals surface area contributed by atoms with Crippen LogP contribution in [0.1, 0.15) is 37.8 Å². The van der Waals surface area contributed by atoms with Gasteiger partial charge in [-0.25, -0.2) is 8.42 Å². The predicted octanol–water partition coefficient (Wildman–Crippen LogP) is 1.47. The molecule has 3 amide bonds. The summed E-state index contributed by atoms with van der Waals surface area (Å²) >= 11 is 0. The van der Waals surface area contributed by atoms with E-state index in [1.165, 1.54) is 31.9 Å². The Kier molecular flexibility index (Phi) is 9.52. The summed E-state index contributed by atoms with van der Waals surface area (Å²) in [7, 11) is -1.99. The monoisotopic (exact) mass is 569 g/mol. The highest BCUT2D eigenvalue weighted by Crippen LogP contribution is 2.32. The SMILES string of the molecule is CNC(=O)[C@]1(Cc2ccccc2)CN(C(=O)[C@@H](CCc2ccccc2S(C)(=O)=O)NC(=O)C(C)(C)N)CCC1=N. The van der Waals surface area contributed by atoms with E-state index in [2.05, 4.69) is 10.6 Å². The molecule has 3 rings (SSSR count). The molecule has 0 bridgehead atoms. The molecule has 1 heterocycles. The molecule has 1 fully saturated rings. The predicted molar refractivity (Wildman–Crippen MR) is 154 cm³/mol. The van der Waals surface area contributed by atoms with Crippen LogP contribution >= 0.6 is 0 Å². The topological polar surface area (TPSA) is 163 Å². The van der Waals surface area contributed by atoms with Crippen molar-refractivity contribution in [3.8, 4) is 0 Å². The van der Waals surface area contributed by atoms with E-state index in [1.54, 1.807) is 18.2 Å². The van der Waals surface area contributed by atoms with Gasteiger partial charge < -0.3 is 26.7 Å². The average Bonchev–Trinajstić information content (AvgIpc) is 2.91. The van der Waals surface area contributed by atoms with Gasteiger partial charge in [-0.3, -0.25) is 14.4 Å². The van der Waals surface area contributed by atoms with E-state index in [4.69, 9.17) is 11.1 Å².